The van der Waals surface area contributed by atoms with Crippen LogP contribution in [0.15, 0.2) is 30.5 Å². The van der Waals surface area contributed by atoms with Gasteiger partial charge in [0.2, 0.25) is 5.95 Å². The molecule has 23 heavy (non-hydrogen) atoms. The zero-order valence-corrected chi connectivity index (χ0v) is 14.4. The van der Waals surface area contributed by atoms with E-state index in [1.165, 1.54) is 6.20 Å². The molecular formula is C16H18Cl2N4O. The molecule has 0 spiro atoms. The molecule has 0 bridgehead atoms. The van der Waals surface area contributed by atoms with Gasteiger partial charge in [0.25, 0.3) is 5.91 Å². The first-order valence-corrected chi connectivity index (χ1v) is 8.04. The molecule has 2 rings (SSSR count). The molecule has 0 aliphatic heterocycles. The van der Waals surface area contributed by atoms with Crippen LogP contribution in [0.5, 0.6) is 0 Å². The van der Waals surface area contributed by atoms with E-state index in [-0.39, 0.29) is 5.91 Å². The Morgan fingerprint density at radius 3 is 2.57 bits per heavy atom. The topological polar surface area (TPSA) is 66.9 Å². The number of benzene rings is 1. The quantitative estimate of drug-likeness (QED) is 0.812. The molecule has 2 N–H and O–H groups in total. The number of hydrogen-bond acceptors (Lipinski definition) is 4. The minimum absolute atomic E-state index is 0.222. The van der Waals surface area contributed by atoms with Crippen LogP contribution in [0, 0.1) is 5.92 Å². The predicted octanol–water partition coefficient (Wildman–Crippen LogP) is 4.30. The molecule has 0 fully saturated rings. The Kier molecular flexibility index (Phi) is 6.19. The van der Waals surface area contributed by atoms with Gasteiger partial charge in [-0.05, 0) is 36.6 Å². The lowest BCUT2D eigenvalue weighted by Crippen LogP contribution is -2.26. The fourth-order valence-corrected chi connectivity index (χ4v) is 2.39. The number of hydrogen-bond donors (Lipinski definition) is 2. The molecule has 0 aliphatic rings. The van der Waals surface area contributed by atoms with Crippen LogP contribution in [0.4, 0.5) is 11.6 Å². The highest BCUT2D eigenvalue weighted by Gasteiger charge is 2.09. The Morgan fingerprint density at radius 2 is 1.91 bits per heavy atom. The first-order valence-electron chi connectivity index (χ1n) is 7.28. The summed E-state index contributed by atoms with van der Waals surface area (Å²) in [6.07, 6.45) is 2.45. The van der Waals surface area contributed by atoms with Gasteiger partial charge in [0.15, 0.2) is 0 Å². The molecule has 2 aromatic rings. The number of carbonyl (C=O) groups is 1. The number of aromatic nitrogens is 2. The Labute approximate surface area is 145 Å². The van der Waals surface area contributed by atoms with E-state index in [0.29, 0.717) is 39.8 Å². The Hall–Kier alpha value is -1.85. The average molecular weight is 353 g/mol. The highest BCUT2D eigenvalue weighted by molar-refractivity contribution is 6.35. The maximum Gasteiger partial charge on any atom is 0.270 e. The lowest BCUT2D eigenvalue weighted by Gasteiger charge is -2.09. The van der Waals surface area contributed by atoms with Crippen LogP contribution in [0.1, 0.15) is 30.8 Å². The van der Waals surface area contributed by atoms with Gasteiger partial charge in [0, 0.05) is 28.5 Å². The maximum atomic E-state index is 12.1. The molecule has 0 saturated heterocycles. The molecule has 1 aromatic heterocycles. The summed E-state index contributed by atoms with van der Waals surface area (Å²) in [7, 11) is 0. The van der Waals surface area contributed by atoms with Crippen LogP contribution in [-0.2, 0) is 0 Å². The monoisotopic (exact) mass is 352 g/mol. The van der Waals surface area contributed by atoms with Crippen LogP contribution >= 0.6 is 23.2 Å². The third-order valence-electron chi connectivity index (χ3n) is 3.01. The lowest BCUT2D eigenvalue weighted by molar-refractivity contribution is 0.0947. The summed E-state index contributed by atoms with van der Waals surface area (Å²) in [5, 5.41) is 6.83. The Bertz CT molecular complexity index is 671. The van der Waals surface area contributed by atoms with Crippen molar-refractivity contribution in [1.29, 1.82) is 0 Å². The zero-order chi connectivity index (χ0) is 16.8. The number of rotatable bonds is 6. The van der Waals surface area contributed by atoms with Crippen LogP contribution in [0.2, 0.25) is 10.0 Å². The van der Waals surface area contributed by atoms with Gasteiger partial charge in [-0.1, -0.05) is 37.0 Å². The third kappa shape index (κ3) is 5.69. The van der Waals surface area contributed by atoms with E-state index in [9.17, 15) is 4.79 Å². The number of halogens is 2. The molecule has 1 amide bonds. The molecule has 7 heteroatoms. The molecule has 0 unspecified atom stereocenters. The van der Waals surface area contributed by atoms with Gasteiger partial charge >= 0.3 is 0 Å². The summed E-state index contributed by atoms with van der Waals surface area (Å²) >= 11 is 11.9. The largest absolute Gasteiger partial charge is 0.351 e. The Morgan fingerprint density at radius 1 is 1.22 bits per heavy atom. The number of carbonyl (C=O) groups excluding carboxylic acids is 1. The van der Waals surface area contributed by atoms with Gasteiger partial charge in [0.05, 0.1) is 0 Å². The molecule has 0 atom stereocenters. The molecule has 0 aliphatic carbocycles. The van der Waals surface area contributed by atoms with Gasteiger partial charge < -0.3 is 10.6 Å². The van der Waals surface area contributed by atoms with E-state index in [0.717, 1.165) is 6.42 Å². The molecule has 1 heterocycles. The van der Waals surface area contributed by atoms with Crippen molar-refractivity contribution in [2.75, 3.05) is 11.9 Å². The normalized spacial score (nSPS) is 10.7. The average Bonchev–Trinajstić information content (AvgIpc) is 2.46. The Balaban J connectivity index is 2.05. The smallest absolute Gasteiger partial charge is 0.270 e. The minimum atomic E-state index is -0.222. The second-order valence-corrected chi connectivity index (χ2v) is 6.36. The van der Waals surface area contributed by atoms with Crippen LogP contribution in [0.25, 0.3) is 0 Å². The summed E-state index contributed by atoms with van der Waals surface area (Å²) in [5.74, 6) is 0.616. The molecule has 1 aromatic carbocycles. The van der Waals surface area contributed by atoms with E-state index in [1.807, 2.05) is 0 Å². The second-order valence-electron chi connectivity index (χ2n) is 5.49. The first-order chi connectivity index (χ1) is 10.9. The SMILES string of the molecule is CC(C)CCNC(=O)c1ccnc(Nc2cc(Cl)cc(Cl)c2)n1. The number of amides is 1. The van der Waals surface area contributed by atoms with E-state index in [4.69, 9.17) is 23.2 Å². The fourth-order valence-electron chi connectivity index (χ4n) is 1.87. The van der Waals surface area contributed by atoms with Crippen molar-refractivity contribution in [2.24, 2.45) is 5.92 Å². The fraction of sp³-hybridized carbons (Fsp3) is 0.312. The molecule has 0 radical (unpaired) electrons. The van der Waals surface area contributed by atoms with E-state index < -0.39 is 0 Å². The van der Waals surface area contributed by atoms with Crippen molar-refractivity contribution >= 4 is 40.7 Å². The van der Waals surface area contributed by atoms with Crippen molar-refractivity contribution in [3.05, 3.63) is 46.2 Å². The van der Waals surface area contributed by atoms with Crippen molar-refractivity contribution in [2.45, 2.75) is 20.3 Å². The third-order valence-corrected chi connectivity index (χ3v) is 3.45. The first kappa shape index (κ1) is 17.5. The second kappa shape index (κ2) is 8.13. The number of anilines is 2. The van der Waals surface area contributed by atoms with E-state index >= 15 is 0 Å². The molecule has 0 saturated carbocycles. The van der Waals surface area contributed by atoms with Gasteiger partial charge in [-0.2, -0.15) is 0 Å². The maximum absolute atomic E-state index is 12.1. The van der Waals surface area contributed by atoms with Crippen LogP contribution in [0.3, 0.4) is 0 Å². The van der Waals surface area contributed by atoms with Crippen molar-refractivity contribution in [3.8, 4) is 0 Å². The summed E-state index contributed by atoms with van der Waals surface area (Å²) < 4.78 is 0. The number of nitrogens with one attached hydrogen (secondary N) is 2. The van der Waals surface area contributed by atoms with Gasteiger partial charge in [0.1, 0.15) is 5.69 Å². The summed E-state index contributed by atoms with van der Waals surface area (Å²) in [5.41, 5.74) is 0.958. The van der Waals surface area contributed by atoms with Crippen molar-refractivity contribution in [1.82, 2.24) is 15.3 Å². The van der Waals surface area contributed by atoms with E-state index in [1.54, 1.807) is 24.3 Å². The highest BCUT2D eigenvalue weighted by Crippen LogP contribution is 2.24. The summed E-state index contributed by atoms with van der Waals surface area (Å²) in [6, 6.07) is 6.60. The minimum Gasteiger partial charge on any atom is -0.351 e. The van der Waals surface area contributed by atoms with Crippen LogP contribution in [-0.4, -0.2) is 22.4 Å². The van der Waals surface area contributed by atoms with E-state index in [2.05, 4.69) is 34.4 Å². The van der Waals surface area contributed by atoms with Gasteiger partial charge in [-0.15, -0.1) is 0 Å². The van der Waals surface area contributed by atoms with Crippen molar-refractivity contribution in [3.63, 3.8) is 0 Å². The van der Waals surface area contributed by atoms with Crippen LogP contribution < -0.4 is 10.6 Å². The lowest BCUT2D eigenvalue weighted by atomic mass is 10.1. The molecule has 5 nitrogen and oxygen atoms in total. The zero-order valence-electron chi connectivity index (χ0n) is 12.9. The summed E-state index contributed by atoms with van der Waals surface area (Å²) in [6.45, 7) is 4.83. The number of nitrogens with zero attached hydrogens (tertiary/aromatic N) is 2. The van der Waals surface area contributed by atoms with Gasteiger partial charge in [-0.25, -0.2) is 9.97 Å². The summed E-state index contributed by atoms with van der Waals surface area (Å²) in [4.78, 5) is 20.4. The van der Waals surface area contributed by atoms with Gasteiger partial charge in [-0.3, -0.25) is 4.79 Å². The highest BCUT2D eigenvalue weighted by atomic mass is 35.5. The predicted molar refractivity (Wildman–Crippen MR) is 93.6 cm³/mol. The molecular weight excluding hydrogens is 335 g/mol. The standard InChI is InChI=1S/C16H18Cl2N4O/c1-10(2)3-5-19-15(23)14-4-6-20-16(22-14)21-13-8-11(17)7-12(18)9-13/h4,6-10H,3,5H2,1-2H3,(H,19,23)(H,20,21,22). The molecule has 122 valence electrons. The van der Waals surface area contributed by atoms with Crippen molar-refractivity contribution < 1.29 is 4.79 Å².